The zero-order valence-corrected chi connectivity index (χ0v) is 12.5. The van der Waals surface area contributed by atoms with Crippen molar-refractivity contribution in [2.24, 2.45) is 11.7 Å². The molecule has 0 radical (unpaired) electrons. The second kappa shape index (κ2) is 5.68. The predicted molar refractivity (Wildman–Crippen MR) is 75.7 cm³/mol. The maximum atomic E-state index is 11.5. The number of aliphatic hydroxyl groups excluding tert-OH is 1. The summed E-state index contributed by atoms with van der Waals surface area (Å²) in [7, 11) is -0.814. The van der Waals surface area contributed by atoms with Gasteiger partial charge in [-0.1, -0.05) is 6.42 Å². The number of hydrogen-bond donors (Lipinski definition) is 2. The molecule has 112 valence electrons. The van der Waals surface area contributed by atoms with Gasteiger partial charge in [-0.2, -0.15) is 0 Å². The summed E-state index contributed by atoms with van der Waals surface area (Å²) in [6, 6.07) is 0.160. The molecule has 6 heteroatoms. The number of hydrogen-bond acceptors (Lipinski definition) is 5. The third-order valence-corrected chi connectivity index (χ3v) is 6.71. The van der Waals surface area contributed by atoms with Crippen molar-refractivity contribution in [3.05, 3.63) is 0 Å². The molecule has 1 heterocycles. The molecule has 3 unspecified atom stereocenters. The molecule has 2 rings (SSSR count). The van der Waals surface area contributed by atoms with Gasteiger partial charge in [-0.3, -0.25) is 0 Å². The van der Waals surface area contributed by atoms with Crippen LogP contribution in [0, 0.1) is 5.92 Å². The van der Waals surface area contributed by atoms with Gasteiger partial charge in [0.25, 0.3) is 0 Å². The summed E-state index contributed by atoms with van der Waals surface area (Å²) >= 11 is 0. The Morgan fingerprint density at radius 3 is 2.74 bits per heavy atom. The molecule has 1 aliphatic carbocycles. The van der Waals surface area contributed by atoms with Gasteiger partial charge in [-0.15, -0.1) is 0 Å². The molecule has 0 aromatic heterocycles. The van der Waals surface area contributed by atoms with Gasteiger partial charge in [0.15, 0.2) is 9.84 Å². The number of rotatable bonds is 5. The van der Waals surface area contributed by atoms with Gasteiger partial charge in [0, 0.05) is 11.6 Å². The van der Waals surface area contributed by atoms with Crippen LogP contribution in [0.4, 0.5) is 0 Å². The third kappa shape index (κ3) is 3.48. The van der Waals surface area contributed by atoms with Crippen molar-refractivity contribution in [1.82, 2.24) is 4.90 Å². The van der Waals surface area contributed by atoms with Crippen molar-refractivity contribution >= 4 is 9.84 Å². The number of nitrogens with two attached hydrogens (primary N) is 1. The van der Waals surface area contributed by atoms with Gasteiger partial charge in [-0.05, 0) is 45.2 Å². The lowest BCUT2D eigenvalue weighted by atomic mass is 9.86. The molecule has 5 nitrogen and oxygen atoms in total. The molecule has 0 amide bonds. The molecule has 2 aliphatic rings. The standard InChI is InChI=1S/C13H26N2O3S/c1-15(12-5-8-19(17,18)9-12)7-4-11-3-2-6-13(11,14)10-16/h11-12,16H,2-10,14H2,1H3. The normalized spacial score (nSPS) is 38.1. The van der Waals surface area contributed by atoms with Crippen molar-refractivity contribution in [3.63, 3.8) is 0 Å². The first-order valence-corrected chi connectivity index (χ1v) is 8.99. The van der Waals surface area contributed by atoms with E-state index in [0.29, 0.717) is 17.4 Å². The Labute approximate surface area is 116 Å². The van der Waals surface area contributed by atoms with Crippen molar-refractivity contribution in [2.75, 3.05) is 31.7 Å². The van der Waals surface area contributed by atoms with E-state index < -0.39 is 15.4 Å². The molecule has 0 spiro atoms. The lowest BCUT2D eigenvalue weighted by Crippen LogP contribution is -2.48. The van der Waals surface area contributed by atoms with E-state index in [0.717, 1.165) is 38.6 Å². The fourth-order valence-corrected chi connectivity index (χ4v) is 5.28. The second-order valence-electron chi connectivity index (χ2n) is 6.31. The lowest BCUT2D eigenvalue weighted by molar-refractivity contribution is 0.142. The average Bonchev–Trinajstić information content (AvgIpc) is 2.90. The molecular formula is C13H26N2O3S. The van der Waals surface area contributed by atoms with Crippen LogP contribution in [0.2, 0.25) is 0 Å². The fourth-order valence-electron chi connectivity index (χ4n) is 3.47. The van der Waals surface area contributed by atoms with Crippen molar-refractivity contribution in [1.29, 1.82) is 0 Å². The highest BCUT2D eigenvalue weighted by Crippen LogP contribution is 2.36. The van der Waals surface area contributed by atoms with Crippen LogP contribution >= 0.6 is 0 Å². The van der Waals surface area contributed by atoms with Crippen LogP contribution in [0.15, 0.2) is 0 Å². The molecule has 1 saturated carbocycles. The monoisotopic (exact) mass is 290 g/mol. The molecular weight excluding hydrogens is 264 g/mol. The molecule has 1 saturated heterocycles. The zero-order valence-electron chi connectivity index (χ0n) is 11.7. The van der Waals surface area contributed by atoms with Gasteiger partial charge in [0.1, 0.15) is 0 Å². The Hall–Kier alpha value is -0.170. The van der Waals surface area contributed by atoms with Crippen LogP contribution in [0.1, 0.15) is 32.1 Å². The van der Waals surface area contributed by atoms with Gasteiger partial charge in [0.05, 0.1) is 18.1 Å². The highest BCUT2D eigenvalue weighted by atomic mass is 32.2. The Morgan fingerprint density at radius 1 is 1.42 bits per heavy atom. The van der Waals surface area contributed by atoms with E-state index >= 15 is 0 Å². The van der Waals surface area contributed by atoms with Crippen molar-refractivity contribution < 1.29 is 13.5 Å². The van der Waals surface area contributed by atoms with Crippen LogP contribution in [0.5, 0.6) is 0 Å². The van der Waals surface area contributed by atoms with Crippen LogP contribution in [-0.4, -0.2) is 61.7 Å². The SMILES string of the molecule is CN(CCC1CCCC1(N)CO)C1CCS(=O)(=O)C1. The van der Waals surface area contributed by atoms with Crippen molar-refractivity contribution in [2.45, 2.75) is 43.7 Å². The minimum atomic E-state index is -2.81. The van der Waals surface area contributed by atoms with E-state index in [1.54, 1.807) is 0 Å². The first-order chi connectivity index (χ1) is 8.86. The molecule has 0 aromatic rings. The summed E-state index contributed by atoms with van der Waals surface area (Å²) in [5.41, 5.74) is 5.81. The molecule has 3 N–H and O–H groups in total. The summed E-state index contributed by atoms with van der Waals surface area (Å²) in [5, 5.41) is 9.42. The molecule has 19 heavy (non-hydrogen) atoms. The van der Waals surface area contributed by atoms with Crippen LogP contribution in [-0.2, 0) is 9.84 Å². The van der Waals surface area contributed by atoms with Crippen LogP contribution in [0.25, 0.3) is 0 Å². The smallest absolute Gasteiger partial charge is 0.151 e. The predicted octanol–water partition coefficient (Wildman–Crippen LogP) is -0.0147. The Kier molecular flexibility index (Phi) is 4.55. The highest BCUT2D eigenvalue weighted by molar-refractivity contribution is 7.91. The molecule has 3 atom stereocenters. The minimum absolute atomic E-state index is 0.0548. The van der Waals surface area contributed by atoms with E-state index in [1.165, 1.54) is 0 Å². The Bertz CT molecular complexity index is 412. The first-order valence-electron chi connectivity index (χ1n) is 7.17. The number of nitrogens with zero attached hydrogens (tertiary/aromatic N) is 1. The number of sulfone groups is 1. The lowest BCUT2D eigenvalue weighted by Gasteiger charge is -2.32. The molecule has 1 aliphatic heterocycles. The Morgan fingerprint density at radius 2 is 2.16 bits per heavy atom. The largest absolute Gasteiger partial charge is 0.394 e. The van der Waals surface area contributed by atoms with E-state index in [-0.39, 0.29) is 12.6 Å². The van der Waals surface area contributed by atoms with E-state index in [4.69, 9.17) is 5.73 Å². The molecule has 2 fully saturated rings. The maximum Gasteiger partial charge on any atom is 0.151 e. The zero-order chi connectivity index (χ0) is 14.1. The third-order valence-electron chi connectivity index (χ3n) is 4.96. The van der Waals surface area contributed by atoms with Crippen molar-refractivity contribution in [3.8, 4) is 0 Å². The quantitative estimate of drug-likeness (QED) is 0.744. The highest BCUT2D eigenvalue weighted by Gasteiger charge is 2.39. The average molecular weight is 290 g/mol. The fraction of sp³-hybridized carbons (Fsp3) is 1.00. The van der Waals surface area contributed by atoms with Gasteiger partial charge < -0.3 is 15.7 Å². The summed E-state index contributed by atoms with van der Waals surface area (Å²) in [4.78, 5) is 2.15. The summed E-state index contributed by atoms with van der Waals surface area (Å²) in [5.74, 6) is 0.975. The van der Waals surface area contributed by atoms with E-state index in [2.05, 4.69) is 4.90 Å². The topological polar surface area (TPSA) is 83.6 Å². The van der Waals surface area contributed by atoms with Crippen LogP contribution in [0.3, 0.4) is 0 Å². The molecule has 0 aromatic carbocycles. The summed E-state index contributed by atoms with van der Waals surface area (Å²) in [6.07, 6.45) is 4.76. The summed E-state index contributed by atoms with van der Waals surface area (Å²) in [6.45, 7) is 0.920. The maximum absolute atomic E-state index is 11.5. The first kappa shape index (κ1) is 15.2. The number of aliphatic hydroxyl groups is 1. The van der Waals surface area contributed by atoms with Gasteiger partial charge >= 0.3 is 0 Å². The minimum Gasteiger partial charge on any atom is -0.394 e. The van der Waals surface area contributed by atoms with Gasteiger partial charge in [0.2, 0.25) is 0 Å². The van der Waals surface area contributed by atoms with Crippen LogP contribution < -0.4 is 5.73 Å². The van der Waals surface area contributed by atoms with E-state index in [9.17, 15) is 13.5 Å². The summed E-state index contributed by atoms with van der Waals surface area (Å²) < 4.78 is 23.0. The Balaban J connectivity index is 1.82. The molecule has 0 bridgehead atoms. The second-order valence-corrected chi connectivity index (χ2v) is 8.54. The van der Waals surface area contributed by atoms with Gasteiger partial charge in [-0.25, -0.2) is 8.42 Å². The van der Waals surface area contributed by atoms with E-state index in [1.807, 2.05) is 7.05 Å².